The van der Waals surface area contributed by atoms with E-state index < -0.39 is 0 Å². The minimum absolute atomic E-state index is 0.372. The Morgan fingerprint density at radius 1 is 1.35 bits per heavy atom. The van der Waals surface area contributed by atoms with Crippen molar-refractivity contribution in [3.8, 4) is 0 Å². The van der Waals surface area contributed by atoms with Crippen LogP contribution in [0.15, 0.2) is 46.9 Å². The number of rotatable bonds is 5. The topological polar surface area (TPSA) is 24.7 Å². The van der Waals surface area contributed by atoms with Crippen LogP contribution >= 0.6 is 0 Å². The maximum Gasteiger partial charge on any atom is 0.153 e. The lowest BCUT2D eigenvalue weighted by Crippen LogP contribution is -1.99. The van der Waals surface area contributed by atoms with Gasteiger partial charge in [-0.2, -0.15) is 0 Å². The monoisotopic (exact) mass is 228 g/mol. The van der Waals surface area contributed by atoms with Gasteiger partial charge in [0, 0.05) is 12.1 Å². The molecule has 0 aliphatic rings. The van der Waals surface area contributed by atoms with Crippen LogP contribution in [0.1, 0.15) is 37.3 Å². The van der Waals surface area contributed by atoms with Gasteiger partial charge in [0.15, 0.2) is 5.84 Å². The number of hydrogen-bond donors (Lipinski definition) is 0. The molecule has 0 aromatic heterocycles. The summed E-state index contributed by atoms with van der Waals surface area (Å²) in [6.07, 6.45) is 2.96. The van der Waals surface area contributed by atoms with Crippen molar-refractivity contribution in [1.82, 2.24) is 0 Å². The summed E-state index contributed by atoms with van der Waals surface area (Å²) in [6, 6.07) is 8.26. The molecule has 0 amide bonds. The summed E-state index contributed by atoms with van der Waals surface area (Å²) in [5, 5.41) is 0. The van der Waals surface area contributed by atoms with Gasteiger partial charge in [-0.3, -0.25) is 4.99 Å². The molecule has 1 aromatic rings. The third-order valence-corrected chi connectivity index (χ3v) is 2.68. The maximum atomic E-state index is 4.39. The molecular weight excluding hydrogens is 208 g/mol. The Morgan fingerprint density at radius 3 is 2.47 bits per heavy atom. The molecule has 0 aliphatic heterocycles. The lowest BCUT2D eigenvalue weighted by atomic mass is 10.00. The predicted molar refractivity (Wildman–Crippen MR) is 76.3 cm³/mol. The van der Waals surface area contributed by atoms with Gasteiger partial charge in [0.25, 0.3) is 0 Å². The van der Waals surface area contributed by atoms with E-state index in [2.05, 4.69) is 49.3 Å². The molecule has 0 heterocycles. The van der Waals surface area contributed by atoms with E-state index in [1.165, 1.54) is 5.56 Å². The molecule has 0 bridgehead atoms. The van der Waals surface area contributed by atoms with E-state index in [4.69, 9.17) is 0 Å². The van der Waals surface area contributed by atoms with E-state index in [0.29, 0.717) is 5.92 Å². The van der Waals surface area contributed by atoms with Gasteiger partial charge in [0.2, 0.25) is 0 Å². The van der Waals surface area contributed by atoms with Gasteiger partial charge in [0.1, 0.15) is 0 Å². The molecular formula is C15H20N2. The van der Waals surface area contributed by atoms with E-state index >= 15 is 0 Å². The lowest BCUT2D eigenvalue weighted by Gasteiger charge is -2.07. The number of hydrogen-bond acceptors (Lipinski definition) is 1. The smallest absolute Gasteiger partial charge is 0.153 e. The SMILES string of the molecule is C=CC(C)c1ccc(/C(N=C)=N/CCC)cc1. The van der Waals surface area contributed by atoms with Crippen molar-refractivity contribution in [3.05, 3.63) is 48.0 Å². The predicted octanol–water partition coefficient (Wildman–Crippen LogP) is 3.83. The first-order valence-electron chi connectivity index (χ1n) is 5.97. The first-order chi connectivity index (χ1) is 8.22. The van der Waals surface area contributed by atoms with Crippen molar-refractivity contribution in [2.45, 2.75) is 26.2 Å². The van der Waals surface area contributed by atoms with Crippen LogP contribution in [0.25, 0.3) is 0 Å². The summed E-state index contributed by atoms with van der Waals surface area (Å²) >= 11 is 0. The molecule has 0 aliphatic carbocycles. The molecule has 0 saturated heterocycles. The van der Waals surface area contributed by atoms with Crippen LogP contribution in [0.2, 0.25) is 0 Å². The van der Waals surface area contributed by atoms with Gasteiger partial charge in [-0.1, -0.05) is 44.2 Å². The molecule has 0 N–H and O–H groups in total. The Morgan fingerprint density at radius 2 is 2.00 bits per heavy atom. The van der Waals surface area contributed by atoms with Crippen molar-refractivity contribution in [1.29, 1.82) is 0 Å². The van der Waals surface area contributed by atoms with E-state index in [1.807, 2.05) is 18.2 Å². The zero-order chi connectivity index (χ0) is 12.7. The molecule has 17 heavy (non-hydrogen) atoms. The Labute approximate surface area is 104 Å². The third-order valence-electron chi connectivity index (χ3n) is 2.68. The highest BCUT2D eigenvalue weighted by atomic mass is 14.9. The number of aliphatic imine (C=N–C) groups is 2. The zero-order valence-electron chi connectivity index (χ0n) is 10.7. The van der Waals surface area contributed by atoms with Crippen LogP contribution in [-0.4, -0.2) is 19.1 Å². The molecule has 2 heteroatoms. The fraction of sp³-hybridized carbons (Fsp3) is 0.333. The molecule has 1 rings (SSSR count). The highest BCUT2D eigenvalue weighted by Gasteiger charge is 2.03. The van der Waals surface area contributed by atoms with Crippen molar-refractivity contribution in [2.75, 3.05) is 6.54 Å². The van der Waals surface area contributed by atoms with Gasteiger partial charge in [0.05, 0.1) is 0 Å². The average molecular weight is 228 g/mol. The van der Waals surface area contributed by atoms with E-state index in [-0.39, 0.29) is 0 Å². The van der Waals surface area contributed by atoms with Crippen LogP contribution < -0.4 is 0 Å². The number of nitrogens with zero attached hydrogens (tertiary/aromatic N) is 2. The van der Waals surface area contributed by atoms with Crippen LogP contribution in [0.5, 0.6) is 0 Å². The second-order valence-corrected chi connectivity index (χ2v) is 4.01. The van der Waals surface area contributed by atoms with Crippen LogP contribution in [0, 0.1) is 0 Å². The Balaban J connectivity index is 2.92. The molecule has 0 saturated carbocycles. The third kappa shape index (κ3) is 3.66. The van der Waals surface area contributed by atoms with E-state index in [0.717, 1.165) is 24.4 Å². The average Bonchev–Trinajstić information content (AvgIpc) is 2.39. The van der Waals surface area contributed by atoms with Crippen molar-refractivity contribution >= 4 is 12.6 Å². The summed E-state index contributed by atoms with van der Waals surface area (Å²) in [7, 11) is 0. The molecule has 0 fully saturated rings. The lowest BCUT2D eigenvalue weighted by molar-refractivity contribution is 0.930. The molecule has 1 atom stereocenters. The van der Waals surface area contributed by atoms with Gasteiger partial charge in [-0.05, 0) is 24.6 Å². The molecule has 2 nitrogen and oxygen atoms in total. The normalized spacial score (nSPS) is 13.2. The second kappa shape index (κ2) is 6.79. The fourth-order valence-electron chi connectivity index (χ4n) is 1.52. The highest BCUT2D eigenvalue weighted by molar-refractivity contribution is 6.01. The summed E-state index contributed by atoms with van der Waals surface area (Å²) in [4.78, 5) is 8.36. The quantitative estimate of drug-likeness (QED) is 0.415. The van der Waals surface area contributed by atoms with Gasteiger partial charge < -0.3 is 0 Å². The Hall–Kier alpha value is -1.70. The van der Waals surface area contributed by atoms with Gasteiger partial charge in [-0.15, -0.1) is 6.58 Å². The number of benzene rings is 1. The van der Waals surface area contributed by atoms with Crippen LogP contribution in [0.3, 0.4) is 0 Å². The van der Waals surface area contributed by atoms with Crippen LogP contribution in [0.4, 0.5) is 0 Å². The molecule has 0 spiro atoms. The Bertz CT molecular complexity index is 401. The number of allylic oxidation sites excluding steroid dienone is 1. The van der Waals surface area contributed by atoms with Crippen molar-refractivity contribution in [2.24, 2.45) is 9.98 Å². The van der Waals surface area contributed by atoms with Crippen LogP contribution in [-0.2, 0) is 0 Å². The zero-order valence-corrected chi connectivity index (χ0v) is 10.7. The van der Waals surface area contributed by atoms with E-state index in [1.54, 1.807) is 0 Å². The molecule has 0 radical (unpaired) electrons. The maximum absolute atomic E-state index is 4.39. The van der Waals surface area contributed by atoms with E-state index in [9.17, 15) is 0 Å². The first kappa shape index (κ1) is 13.4. The molecule has 1 unspecified atom stereocenters. The number of amidine groups is 1. The van der Waals surface area contributed by atoms with Gasteiger partial charge >= 0.3 is 0 Å². The van der Waals surface area contributed by atoms with Crippen molar-refractivity contribution in [3.63, 3.8) is 0 Å². The largest absolute Gasteiger partial charge is 0.266 e. The fourth-order valence-corrected chi connectivity index (χ4v) is 1.52. The summed E-state index contributed by atoms with van der Waals surface area (Å²) in [5.41, 5.74) is 2.27. The Kier molecular flexibility index (Phi) is 5.34. The second-order valence-electron chi connectivity index (χ2n) is 4.01. The summed E-state index contributed by atoms with van der Waals surface area (Å²) in [6.45, 7) is 12.4. The minimum atomic E-state index is 0.372. The van der Waals surface area contributed by atoms with Gasteiger partial charge in [-0.25, -0.2) is 4.99 Å². The van der Waals surface area contributed by atoms with Crippen molar-refractivity contribution < 1.29 is 0 Å². The summed E-state index contributed by atoms with van der Waals surface area (Å²) < 4.78 is 0. The standard InChI is InChI=1S/C15H20N2/c1-5-11-17-15(16-4)14-9-7-13(8-10-14)12(3)6-2/h6-10,12H,2,4-5,11H2,1,3H3/b17-15-. The molecule has 1 aromatic carbocycles. The first-order valence-corrected chi connectivity index (χ1v) is 5.97. The molecule has 90 valence electrons. The minimum Gasteiger partial charge on any atom is -0.266 e. The highest BCUT2D eigenvalue weighted by Crippen LogP contribution is 2.17. The summed E-state index contributed by atoms with van der Waals surface area (Å²) in [5.74, 6) is 1.10.